The van der Waals surface area contributed by atoms with E-state index in [-0.39, 0.29) is 18.0 Å². The lowest BCUT2D eigenvalue weighted by molar-refractivity contribution is -0.123. The van der Waals surface area contributed by atoms with Crippen molar-refractivity contribution in [3.8, 4) is 0 Å². The number of aryl methyl sites for hydroxylation is 2. The minimum Gasteiger partial charge on any atom is -0.349 e. The lowest BCUT2D eigenvalue weighted by atomic mass is 9.97. The molecule has 3 amide bonds. The third-order valence-corrected chi connectivity index (χ3v) is 4.41. The summed E-state index contributed by atoms with van der Waals surface area (Å²) in [4.78, 5) is 23.9. The van der Waals surface area contributed by atoms with E-state index in [4.69, 9.17) is 0 Å². The van der Waals surface area contributed by atoms with E-state index in [1.165, 1.54) is 0 Å². The molecule has 0 aliphatic carbocycles. The second-order valence-electron chi connectivity index (χ2n) is 6.21. The topological polar surface area (TPSA) is 88.1 Å². The van der Waals surface area contributed by atoms with E-state index >= 15 is 0 Å². The Kier molecular flexibility index (Phi) is 5.02. The number of nitrogens with one attached hydrogen (secondary N) is 3. The molecule has 3 rings (SSSR count). The summed E-state index contributed by atoms with van der Waals surface area (Å²) in [6, 6.07) is 7.28. The number of amides is 3. The highest BCUT2D eigenvalue weighted by atomic mass is 16.2. The van der Waals surface area contributed by atoms with Gasteiger partial charge in [-0.05, 0) is 37.0 Å². The van der Waals surface area contributed by atoms with Gasteiger partial charge in [-0.25, -0.2) is 4.79 Å². The molecule has 7 nitrogen and oxygen atoms in total. The number of benzene rings is 1. The molecule has 1 aromatic carbocycles. The van der Waals surface area contributed by atoms with Gasteiger partial charge in [0.2, 0.25) is 5.91 Å². The molecule has 7 heteroatoms. The molecule has 1 aliphatic rings. The van der Waals surface area contributed by atoms with Crippen LogP contribution in [0.3, 0.4) is 0 Å². The summed E-state index contributed by atoms with van der Waals surface area (Å²) < 4.78 is 1.65. The molecule has 0 saturated carbocycles. The Labute approximate surface area is 146 Å². The van der Waals surface area contributed by atoms with Gasteiger partial charge >= 0.3 is 6.03 Å². The zero-order chi connectivity index (χ0) is 17.8. The van der Waals surface area contributed by atoms with Crippen LogP contribution in [0.1, 0.15) is 43.4 Å². The van der Waals surface area contributed by atoms with E-state index in [1.54, 1.807) is 17.9 Å². The van der Waals surface area contributed by atoms with Crippen LogP contribution in [0.15, 0.2) is 30.5 Å². The van der Waals surface area contributed by atoms with Crippen LogP contribution < -0.4 is 16.0 Å². The minimum absolute atomic E-state index is 0.00910. The maximum atomic E-state index is 12.3. The molecule has 1 fully saturated rings. The molecule has 1 atom stereocenters. The predicted molar refractivity (Wildman–Crippen MR) is 96.4 cm³/mol. The molecular formula is C18H23N5O2. The number of piperidine rings is 1. The van der Waals surface area contributed by atoms with Crippen molar-refractivity contribution in [2.24, 2.45) is 7.05 Å². The molecule has 25 heavy (non-hydrogen) atoms. The number of hydrogen-bond donors (Lipinski definition) is 3. The number of aromatic nitrogens is 2. The van der Waals surface area contributed by atoms with Gasteiger partial charge in [-0.1, -0.05) is 19.1 Å². The summed E-state index contributed by atoms with van der Waals surface area (Å²) in [7, 11) is 1.79. The van der Waals surface area contributed by atoms with E-state index < -0.39 is 0 Å². The van der Waals surface area contributed by atoms with Crippen LogP contribution in [0.25, 0.3) is 0 Å². The van der Waals surface area contributed by atoms with Gasteiger partial charge in [-0.2, -0.15) is 5.10 Å². The number of carbonyl (C=O) groups is 2. The average molecular weight is 341 g/mol. The van der Waals surface area contributed by atoms with Gasteiger partial charge in [0.25, 0.3) is 0 Å². The summed E-state index contributed by atoms with van der Waals surface area (Å²) in [5.41, 5.74) is 2.67. The summed E-state index contributed by atoms with van der Waals surface area (Å²) >= 11 is 0. The first kappa shape index (κ1) is 17.0. The largest absolute Gasteiger partial charge is 0.349 e. The van der Waals surface area contributed by atoms with E-state index in [0.29, 0.717) is 17.9 Å². The zero-order valence-corrected chi connectivity index (χ0v) is 14.5. The van der Waals surface area contributed by atoms with Crippen molar-refractivity contribution in [1.82, 2.24) is 15.1 Å². The van der Waals surface area contributed by atoms with E-state index in [9.17, 15) is 9.59 Å². The van der Waals surface area contributed by atoms with Gasteiger partial charge in [0.05, 0.1) is 12.2 Å². The molecule has 1 aromatic heterocycles. The van der Waals surface area contributed by atoms with E-state index in [2.05, 4.69) is 21.0 Å². The molecule has 1 aliphatic heterocycles. The highest BCUT2D eigenvalue weighted by Crippen LogP contribution is 2.25. The third kappa shape index (κ3) is 3.99. The molecule has 0 radical (unpaired) electrons. The summed E-state index contributed by atoms with van der Waals surface area (Å²) in [6.07, 6.45) is 4.93. The van der Waals surface area contributed by atoms with Gasteiger partial charge in [-0.3, -0.25) is 14.8 Å². The first-order valence-corrected chi connectivity index (χ1v) is 8.55. The van der Waals surface area contributed by atoms with Crippen LogP contribution in [0.2, 0.25) is 0 Å². The third-order valence-electron chi connectivity index (χ3n) is 4.41. The lowest BCUT2D eigenvalue weighted by Crippen LogP contribution is -2.32. The number of rotatable bonds is 4. The average Bonchev–Trinajstić information content (AvgIpc) is 2.95. The summed E-state index contributed by atoms with van der Waals surface area (Å²) in [5, 5.41) is 12.8. The first-order chi connectivity index (χ1) is 12.1. The molecule has 1 saturated heterocycles. The van der Waals surface area contributed by atoms with Crippen LogP contribution in [-0.2, 0) is 18.3 Å². The Morgan fingerprint density at radius 2 is 2.24 bits per heavy atom. The van der Waals surface area contributed by atoms with Crippen molar-refractivity contribution in [2.75, 3.05) is 10.6 Å². The number of urea groups is 1. The second-order valence-corrected chi connectivity index (χ2v) is 6.21. The van der Waals surface area contributed by atoms with Gasteiger partial charge in [0.15, 0.2) is 0 Å². The number of hydrogen-bond acceptors (Lipinski definition) is 3. The fourth-order valence-corrected chi connectivity index (χ4v) is 3.06. The molecule has 2 aromatic rings. The molecule has 1 unspecified atom stereocenters. The minimum atomic E-state index is -0.317. The Bertz CT molecular complexity index is 784. The molecule has 2 heterocycles. The van der Waals surface area contributed by atoms with Crippen molar-refractivity contribution >= 4 is 23.4 Å². The molecule has 0 spiro atoms. The van der Waals surface area contributed by atoms with Crippen molar-refractivity contribution in [3.05, 3.63) is 41.6 Å². The quantitative estimate of drug-likeness (QED) is 0.799. The summed E-state index contributed by atoms with van der Waals surface area (Å²) in [6.45, 7) is 2.02. The predicted octanol–water partition coefficient (Wildman–Crippen LogP) is 2.97. The highest BCUT2D eigenvalue weighted by Gasteiger charge is 2.20. The molecule has 132 valence electrons. The summed E-state index contributed by atoms with van der Waals surface area (Å²) in [5.74, 6) is 0.770. The SMILES string of the molecule is CCc1cnn(C)c1NC(=O)Nc1cccc(C2CCCC(=O)N2)c1. The van der Waals surface area contributed by atoms with Crippen molar-refractivity contribution in [2.45, 2.75) is 38.6 Å². The van der Waals surface area contributed by atoms with Crippen LogP contribution in [-0.4, -0.2) is 21.7 Å². The number of nitrogens with zero attached hydrogens (tertiary/aromatic N) is 2. The maximum absolute atomic E-state index is 12.3. The molecular weight excluding hydrogens is 318 g/mol. The van der Waals surface area contributed by atoms with Crippen molar-refractivity contribution < 1.29 is 9.59 Å². The second kappa shape index (κ2) is 7.38. The Morgan fingerprint density at radius 3 is 3.00 bits per heavy atom. The van der Waals surface area contributed by atoms with Crippen LogP contribution in [0.5, 0.6) is 0 Å². The number of carbonyl (C=O) groups excluding carboxylic acids is 2. The molecule has 0 bridgehead atoms. The van der Waals surface area contributed by atoms with Gasteiger partial charge < -0.3 is 10.6 Å². The molecule has 3 N–H and O–H groups in total. The highest BCUT2D eigenvalue weighted by molar-refractivity contribution is 5.99. The van der Waals surface area contributed by atoms with Gasteiger partial charge in [0.1, 0.15) is 5.82 Å². The smallest absolute Gasteiger partial charge is 0.324 e. The standard InChI is InChI=1S/C18H23N5O2/c1-3-12-11-19-23(2)17(12)22-18(25)20-14-7-4-6-13(10-14)15-8-5-9-16(24)21-15/h4,6-7,10-11,15H,3,5,8-9H2,1-2H3,(H,21,24)(H2,20,22,25). The number of anilines is 2. The zero-order valence-electron chi connectivity index (χ0n) is 14.5. The van der Waals surface area contributed by atoms with Crippen molar-refractivity contribution in [1.29, 1.82) is 0 Å². The van der Waals surface area contributed by atoms with E-state index in [0.717, 1.165) is 30.4 Å². The van der Waals surface area contributed by atoms with Crippen LogP contribution >= 0.6 is 0 Å². The normalized spacial score (nSPS) is 17.0. The Balaban J connectivity index is 1.68. The van der Waals surface area contributed by atoms with Gasteiger partial charge in [0, 0.05) is 24.7 Å². The first-order valence-electron chi connectivity index (χ1n) is 8.55. The Morgan fingerprint density at radius 1 is 1.40 bits per heavy atom. The van der Waals surface area contributed by atoms with Crippen LogP contribution in [0, 0.1) is 0 Å². The Hall–Kier alpha value is -2.83. The van der Waals surface area contributed by atoms with E-state index in [1.807, 2.05) is 31.2 Å². The lowest BCUT2D eigenvalue weighted by Gasteiger charge is -2.24. The van der Waals surface area contributed by atoms with Crippen LogP contribution in [0.4, 0.5) is 16.3 Å². The fourth-order valence-electron chi connectivity index (χ4n) is 3.06. The van der Waals surface area contributed by atoms with Crippen molar-refractivity contribution in [3.63, 3.8) is 0 Å². The van der Waals surface area contributed by atoms with Gasteiger partial charge in [-0.15, -0.1) is 0 Å². The fraction of sp³-hybridized carbons (Fsp3) is 0.389. The maximum Gasteiger partial charge on any atom is 0.324 e. The monoisotopic (exact) mass is 341 g/mol.